The summed E-state index contributed by atoms with van der Waals surface area (Å²) in [4.78, 5) is 24.7. The van der Waals surface area contributed by atoms with Gasteiger partial charge in [-0.25, -0.2) is 4.79 Å². The van der Waals surface area contributed by atoms with Gasteiger partial charge in [0.05, 0.1) is 10.5 Å². The first-order valence-electron chi connectivity index (χ1n) is 10.2. The summed E-state index contributed by atoms with van der Waals surface area (Å²) in [5.41, 5.74) is 1.86. The number of nitrogens with zero attached hydrogens (tertiary/aromatic N) is 2. The Morgan fingerprint density at radius 2 is 1.83 bits per heavy atom. The third-order valence-corrected chi connectivity index (χ3v) is 7.62. The first kappa shape index (κ1) is 18.2. The van der Waals surface area contributed by atoms with E-state index in [1.165, 1.54) is 0 Å². The fourth-order valence-electron chi connectivity index (χ4n) is 6.74. The van der Waals surface area contributed by atoms with Crippen molar-refractivity contribution < 1.29 is 14.8 Å². The second-order valence-corrected chi connectivity index (χ2v) is 9.13. The molecule has 4 fully saturated rings. The summed E-state index contributed by atoms with van der Waals surface area (Å²) in [6.45, 7) is 0.412. The molecule has 4 bridgehead atoms. The molecule has 4 atom stereocenters. The Kier molecular flexibility index (Phi) is 3.95. The third-order valence-electron chi connectivity index (χ3n) is 7.62. The molecule has 4 aliphatic rings. The summed E-state index contributed by atoms with van der Waals surface area (Å²) in [5, 5.41) is 21.2. The number of nitro groups is 1. The molecule has 1 N–H and O–H groups in total. The Hall–Kier alpha value is -2.89. The van der Waals surface area contributed by atoms with Crippen LogP contribution in [0.15, 0.2) is 54.6 Å². The third kappa shape index (κ3) is 2.73. The largest absolute Gasteiger partial charge is 0.465 e. The van der Waals surface area contributed by atoms with Crippen LogP contribution in [0.5, 0.6) is 0 Å². The lowest BCUT2D eigenvalue weighted by Gasteiger charge is -2.45. The molecular weight excluding hydrogens is 368 g/mol. The molecule has 1 amide bonds. The predicted octanol–water partition coefficient (Wildman–Crippen LogP) is 4.98. The van der Waals surface area contributed by atoms with Gasteiger partial charge < -0.3 is 5.11 Å². The number of hydrogen-bond donors (Lipinski definition) is 1. The normalized spacial score (nSPS) is 31.7. The molecule has 29 heavy (non-hydrogen) atoms. The molecule has 4 aliphatic carbocycles. The van der Waals surface area contributed by atoms with Crippen molar-refractivity contribution >= 4 is 11.8 Å². The quantitative estimate of drug-likeness (QED) is 0.575. The van der Waals surface area contributed by atoms with E-state index in [1.54, 1.807) is 17.0 Å². The van der Waals surface area contributed by atoms with Crippen LogP contribution in [0.2, 0.25) is 0 Å². The molecule has 0 heterocycles. The lowest BCUT2D eigenvalue weighted by molar-refractivity contribution is -0.384. The number of nitro benzene ring substituents is 1. The molecule has 0 aliphatic heterocycles. The maximum atomic E-state index is 12.4. The smallest absolute Gasteiger partial charge is 0.408 e. The van der Waals surface area contributed by atoms with Gasteiger partial charge in [0.2, 0.25) is 0 Å². The van der Waals surface area contributed by atoms with Crippen LogP contribution >= 0.6 is 0 Å². The van der Waals surface area contributed by atoms with Crippen LogP contribution in [-0.2, 0) is 12.0 Å². The second kappa shape index (κ2) is 6.31. The predicted molar refractivity (Wildman–Crippen MR) is 108 cm³/mol. The lowest BCUT2D eigenvalue weighted by atomic mass is 9.65. The number of non-ortho nitro benzene ring substituents is 1. The highest BCUT2D eigenvalue weighted by Crippen LogP contribution is 2.68. The van der Waals surface area contributed by atoms with Crippen molar-refractivity contribution in [3.05, 3.63) is 75.8 Å². The van der Waals surface area contributed by atoms with E-state index >= 15 is 0 Å². The van der Waals surface area contributed by atoms with Crippen LogP contribution in [0.25, 0.3) is 0 Å². The van der Waals surface area contributed by atoms with Crippen molar-refractivity contribution in [1.29, 1.82) is 0 Å². The van der Waals surface area contributed by atoms with Crippen LogP contribution in [0, 0.1) is 22.0 Å². The van der Waals surface area contributed by atoms with E-state index in [-0.39, 0.29) is 21.6 Å². The van der Waals surface area contributed by atoms with Crippen molar-refractivity contribution in [2.75, 3.05) is 0 Å². The minimum atomic E-state index is -0.846. The zero-order chi connectivity index (χ0) is 20.2. The van der Waals surface area contributed by atoms with Crippen molar-refractivity contribution in [3.8, 4) is 0 Å². The zero-order valence-corrected chi connectivity index (χ0v) is 16.2. The van der Waals surface area contributed by atoms with Crippen molar-refractivity contribution in [2.24, 2.45) is 11.8 Å². The maximum absolute atomic E-state index is 12.4. The average Bonchev–Trinajstić information content (AvgIpc) is 3.10. The Balaban J connectivity index is 1.50. The first-order chi connectivity index (χ1) is 13.9. The van der Waals surface area contributed by atoms with Crippen LogP contribution in [0.3, 0.4) is 0 Å². The van der Waals surface area contributed by atoms with E-state index in [1.807, 2.05) is 42.5 Å². The van der Waals surface area contributed by atoms with E-state index in [4.69, 9.17) is 0 Å². The molecule has 4 saturated carbocycles. The van der Waals surface area contributed by atoms with E-state index in [0.29, 0.717) is 18.4 Å². The molecule has 0 radical (unpaired) electrons. The summed E-state index contributed by atoms with van der Waals surface area (Å²) in [6.07, 6.45) is 4.03. The molecule has 0 aromatic heterocycles. The SMILES string of the molecule is O=C(O)N(Cc1ccccc1)C12CC3CC1CC(c1ccc([N+](=O)[O-])cc1)(C3)C2. The topological polar surface area (TPSA) is 83.7 Å². The Morgan fingerprint density at radius 3 is 2.48 bits per heavy atom. The van der Waals surface area contributed by atoms with E-state index in [2.05, 4.69) is 0 Å². The van der Waals surface area contributed by atoms with Crippen LogP contribution in [0.1, 0.15) is 43.2 Å². The minimum Gasteiger partial charge on any atom is -0.465 e. The molecule has 6 rings (SSSR count). The number of amides is 1. The maximum Gasteiger partial charge on any atom is 0.408 e. The van der Waals surface area contributed by atoms with Crippen LogP contribution in [0.4, 0.5) is 10.5 Å². The van der Waals surface area contributed by atoms with Crippen LogP contribution < -0.4 is 0 Å². The first-order valence-corrected chi connectivity index (χ1v) is 10.2. The number of carbonyl (C=O) groups is 1. The van der Waals surface area contributed by atoms with Gasteiger partial charge in [-0.1, -0.05) is 42.5 Å². The minimum absolute atomic E-state index is 0.0641. The highest BCUT2D eigenvalue weighted by atomic mass is 16.6. The van der Waals surface area contributed by atoms with E-state index in [9.17, 15) is 20.0 Å². The van der Waals surface area contributed by atoms with Crippen molar-refractivity contribution in [1.82, 2.24) is 4.90 Å². The molecule has 0 spiro atoms. The summed E-state index contributed by atoms with van der Waals surface area (Å²) < 4.78 is 0. The summed E-state index contributed by atoms with van der Waals surface area (Å²) in [7, 11) is 0. The molecule has 2 aromatic rings. The summed E-state index contributed by atoms with van der Waals surface area (Å²) >= 11 is 0. The van der Waals surface area contributed by atoms with Gasteiger partial charge in [0.1, 0.15) is 0 Å². The number of hydrogen-bond acceptors (Lipinski definition) is 3. The van der Waals surface area contributed by atoms with Gasteiger partial charge in [0, 0.05) is 18.7 Å². The molecule has 6 heteroatoms. The van der Waals surface area contributed by atoms with Gasteiger partial charge in [-0.3, -0.25) is 15.0 Å². The van der Waals surface area contributed by atoms with Gasteiger partial charge in [-0.2, -0.15) is 0 Å². The molecule has 0 saturated heterocycles. The van der Waals surface area contributed by atoms with E-state index in [0.717, 1.165) is 43.2 Å². The van der Waals surface area contributed by atoms with Crippen molar-refractivity contribution in [2.45, 2.75) is 49.6 Å². The molecule has 6 nitrogen and oxygen atoms in total. The lowest BCUT2D eigenvalue weighted by Crippen LogP contribution is -2.53. The molecular formula is C23H24N2O4. The fraction of sp³-hybridized carbons (Fsp3) is 0.435. The zero-order valence-electron chi connectivity index (χ0n) is 16.2. The monoisotopic (exact) mass is 392 g/mol. The Bertz CT molecular complexity index is 961. The summed E-state index contributed by atoms with van der Waals surface area (Å²) in [5.74, 6) is 0.881. The van der Waals surface area contributed by atoms with Gasteiger partial charge in [0.15, 0.2) is 0 Å². The molecule has 2 aromatic carbocycles. The average molecular weight is 392 g/mol. The highest BCUT2D eigenvalue weighted by Gasteiger charge is 2.67. The van der Waals surface area contributed by atoms with Gasteiger partial charge in [0.25, 0.3) is 5.69 Å². The Morgan fingerprint density at radius 1 is 1.10 bits per heavy atom. The number of rotatable bonds is 5. The highest BCUT2D eigenvalue weighted by molar-refractivity contribution is 5.67. The fourth-order valence-corrected chi connectivity index (χ4v) is 6.74. The molecule has 150 valence electrons. The number of carboxylic acid groups (broad SMARTS) is 1. The summed E-state index contributed by atoms with van der Waals surface area (Å²) in [6, 6.07) is 16.8. The van der Waals surface area contributed by atoms with Crippen molar-refractivity contribution in [3.63, 3.8) is 0 Å². The second-order valence-electron chi connectivity index (χ2n) is 9.13. The Labute approximate surface area is 169 Å². The van der Waals surface area contributed by atoms with E-state index < -0.39 is 6.09 Å². The molecule has 4 unspecified atom stereocenters. The standard InChI is InChI=1S/C23H24N2O4/c26-21(27)24(14-16-4-2-1-3-5-16)23-12-17-10-19(23)13-22(11-17,15-23)18-6-8-20(9-7-18)25(28)29/h1-9,17,19H,10-15H2,(H,26,27). The number of benzene rings is 2. The van der Waals surface area contributed by atoms with Gasteiger partial charge >= 0.3 is 6.09 Å². The van der Waals surface area contributed by atoms with Gasteiger partial charge in [-0.15, -0.1) is 0 Å². The van der Waals surface area contributed by atoms with Gasteiger partial charge in [-0.05, 0) is 60.5 Å². The van der Waals surface area contributed by atoms with Crippen LogP contribution in [-0.4, -0.2) is 26.6 Å².